The molecule has 0 saturated heterocycles. The zero-order valence-electron chi connectivity index (χ0n) is 13.7. The molecular weight excluding hydrogens is 372 g/mol. The monoisotopic (exact) mass is 386 g/mol. The van der Waals surface area contributed by atoms with E-state index in [1.54, 1.807) is 30.3 Å². The number of fused-ring (bicyclic) bond motifs is 1. The Labute approximate surface area is 155 Å². The molecule has 0 radical (unpaired) electrons. The van der Waals surface area contributed by atoms with Crippen molar-refractivity contribution < 1.29 is 8.42 Å². The van der Waals surface area contributed by atoms with E-state index in [4.69, 9.17) is 11.6 Å². The van der Waals surface area contributed by atoms with E-state index >= 15 is 0 Å². The maximum atomic E-state index is 12.7. The predicted molar refractivity (Wildman–Crippen MR) is 103 cm³/mol. The Morgan fingerprint density at radius 2 is 1.92 bits per heavy atom. The summed E-state index contributed by atoms with van der Waals surface area (Å²) >= 11 is 6.04. The van der Waals surface area contributed by atoms with Crippen LogP contribution >= 0.6 is 11.6 Å². The summed E-state index contributed by atoms with van der Waals surface area (Å²) in [6.07, 6.45) is 1.83. The second kappa shape index (κ2) is 6.19. The molecule has 0 unspecified atom stereocenters. The number of anilines is 1. The minimum atomic E-state index is -3.78. The van der Waals surface area contributed by atoms with Gasteiger partial charge in [0.15, 0.2) is 5.82 Å². The third-order valence-electron chi connectivity index (χ3n) is 4.08. The molecule has 4 rings (SSSR count). The molecule has 2 aromatic heterocycles. The van der Waals surface area contributed by atoms with Crippen molar-refractivity contribution in [3.05, 3.63) is 65.3 Å². The number of benzene rings is 2. The summed E-state index contributed by atoms with van der Waals surface area (Å²) in [5.74, 6) is 0.663. The number of hydrogen-bond donors (Lipinski definition) is 3. The zero-order chi connectivity index (χ0) is 18.3. The SMILES string of the molecule is Cc1cc[nH]c1-c1nc2cc(S(=O)(=O)Nc3ccccc3Cl)ccc2[nH]1. The summed E-state index contributed by atoms with van der Waals surface area (Å²) in [5.41, 5.74) is 3.58. The summed E-state index contributed by atoms with van der Waals surface area (Å²) in [6.45, 7) is 1.97. The number of imidazole rings is 1. The van der Waals surface area contributed by atoms with Gasteiger partial charge >= 0.3 is 0 Å². The number of halogens is 1. The van der Waals surface area contributed by atoms with E-state index in [1.807, 2.05) is 19.2 Å². The maximum absolute atomic E-state index is 12.7. The Bertz CT molecular complexity index is 1210. The number of nitrogens with one attached hydrogen (secondary N) is 3. The van der Waals surface area contributed by atoms with Crippen molar-refractivity contribution in [2.24, 2.45) is 0 Å². The quantitative estimate of drug-likeness (QED) is 0.487. The van der Waals surface area contributed by atoms with Gasteiger partial charge in [-0.15, -0.1) is 0 Å². The lowest BCUT2D eigenvalue weighted by Gasteiger charge is -2.09. The molecule has 2 heterocycles. The number of H-pyrrole nitrogens is 2. The van der Waals surface area contributed by atoms with Crippen molar-refractivity contribution in [2.75, 3.05) is 4.72 Å². The van der Waals surface area contributed by atoms with Gasteiger partial charge in [-0.25, -0.2) is 13.4 Å². The highest BCUT2D eigenvalue weighted by Crippen LogP contribution is 2.27. The van der Waals surface area contributed by atoms with Crippen LogP contribution < -0.4 is 4.72 Å². The first-order valence-electron chi connectivity index (χ1n) is 7.85. The fourth-order valence-electron chi connectivity index (χ4n) is 2.72. The van der Waals surface area contributed by atoms with Gasteiger partial charge in [-0.3, -0.25) is 4.72 Å². The van der Waals surface area contributed by atoms with Crippen molar-refractivity contribution in [3.63, 3.8) is 0 Å². The molecule has 0 aliphatic rings. The minimum absolute atomic E-state index is 0.117. The number of aryl methyl sites for hydroxylation is 1. The lowest BCUT2D eigenvalue weighted by molar-refractivity contribution is 0.601. The Kier molecular flexibility index (Phi) is 3.97. The van der Waals surface area contributed by atoms with E-state index < -0.39 is 10.0 Å². The second-order valence-corrected chi connectivity index (χ2v) is 7.97. The molecule has 0 aliphatic heterocycles. The molecule has 8 heteroatoms. The number of nitrogens with zero attached hydrogens (tertiary/aromatic N) is 1. The van der Waals surface area contributed by atoms with E-state index in [0.29, 0.717) is 22.1 Å². The number of para-hydroxylation sites is 1. The molecule has 0 aliphatic carbocycles. The van der Waals surface area contributed by atoms with E-state index in [1.165, 1.54) is 12.1 Å². The molecule has 0 amide bonds. The summed E-state index contributed by atoms with van der Waals surface area (Å²) in [6, 6.07) is 13.4. The first-order valence-corrected chi connectivity index (χ1v) is 9.71. The van der Waals surface area contributed by atoms with Gasteiger partial charge < -0.3 is 9.97 Å². The highest BCUT2D eigenvalue weighted by atomic mass is 35.5. The van der Waals surface area contributed by atoms with Gasteiger partial charge in [0.05, 0.1) is 32.3 Å². The van der Waals surface area contributed by atoms with Crippen LogP contribution in [0, 0.1) is 6.92 Å². The molecule has 0 atom stereocenters. The first-order chi connectivity index (χ1) is 12.4. The Hall–Kier alpha value is -2.77. The third-order valence-corrected chi connectivity index (χ3v) is 5.77. The molecule has 0 saturated carbocycles. The number of rotatable bonds is 4. The van der Waals surface area contributed by atoms with Crippen LogP contribution in [-0.2, 0) is 10.0 Å². The molecule has 132 valence electrons. The lowest BCUT2D eigenvalue weighted by atomic mass is 10.3. The van der Waals surface area contributed by atoms with Crippen LogP contribution in [0.15, 0.2) is 59.6 Å². The highest BCUT2D eigenvalue weighted by Gasteiger charge is 2.17. The summed E-state index contributed by atoms with van der Waals surface area (Å²) in [7, 11) is -3.78. The summed E-state index contributed by atoms with van der Waals surface area (Å²) in [5, 5.41) is 0.335. The number of aromatic nitrogens is 3. The van der Waals surface area contributed by atoms with Gasteiger partial charge in [0.1, 0.15) is 0 Å². The zero-order valence-corrected chi connectivity index (χ0v) is 15.3. The van der Waals surface area contributed by atoms with Gasteiger partial charge in [0.2, 0.25) is 0 Å². The Morgan fingerprint density at radius 3 is 2.65 bits per heavy atom. The van der Waals surface area contributed by atoms with Crippen LogP contribution in [0.25, 0.3) is 22.6 Å². The Balaban J connectivity index is 1.73. The molecule has 0 spiro atoms. The molecule has 6 nitrogen and oxygen atoms in total. The molecular formula is C18H15ClN4O2S. The summed E-state index contributed by atoms with van der Waals surface area (Å²) in [4.78, 5) is 11.0. The van der Waals surface area contributed by atoms with E-state index in [0.717, 1.165) is 16.8 Å². The van der Waals surface area contributed by atoms with Crippen LogP contribution in [0.5, 0.6) is 0 Å². The van der Waals surface area contributed by atoms with Crippen LogP contribution in [0.4, 0.5) is 5.69 Å². The van der Waals surface area contributed by atoms with Crippen LogP contribution in [0.2, 0.25) is 5.02 Å². The van der Waals surface area contributed by atoms with Crippen LogP contribution in [0.1, 0.15) is 5.56 Å². The second-order valence-electron chi connectivity index (χ2n) is 5.89. The van der Waals surface area contributed by atoms with Crippen molar-refractivity contribution in [3.8, 4) is 11.5 Å². The predicted octanol–water partition coefficient (Wildman–Crippen LogP) is 4.32. The number of aromatic amines is 2. The largest absolute Gasteiger partial charge is 0.358 e. The molecule has 0 fully saturated rings. The van der Waals surface area contributed by atoms with E-state index in [9.17, 15) is 8.42 Å². The highest BCUT2D eigenvalue weighted by molar-refractivity contribution is 7.92. The smallest absolute Gasteiger partial charge is 0.262 e. The van der Waals surface area contributed by atoms with Gasteiger partial charge in [-0.2, -0.15) is 0 Å². The minimum Gasteiger partial charge on any atom is -0.358 e. The third kappa shape index (κ3) is 2.95. The van der Waals surface area contributed by atoms with Crippen LogP contribution in [0.3, 0.4) is 0 Å². The molecule has 26 heavy (non-hydrogen) atoms. The van der Waals surface area contributed by atoms with Crippen molar-refractivity contribution in [2.45, 2.75) is 11.8 Å². The van der Waals surface area contributed by atoms with Gasteiger partial charge in [-0.1, -0.05) is 23.7 Å². The number of hydrogen-bond acceptors (Lipinski definition) is 3. The van der Waals surface area contributed by atoms with Crippen molar-refractivity contribution >= 4 is 38.3 Å². The standard InChI is InChI=1S/C18H15ClN4O2S/c1-11-8-9-20-17(11)18-21-15-7-6-12(10-16(15)22-18)26(24,25)23-14-5-3-2-4-13(14)19/h2-10,20,23H,1H3,(H,21,22). The average Bonchev–Trinajstić information content (AvgIpc) is 3.21. The Morgan fingerprint density at radius 1 is 1.12 bits per heavy atom. The molecule has 3 N–H and O–H groups in total. The topological polar surface area (TPSA) is 90.6 Å². The average molecular weight is 387 g/mol. The lowest BCUT2D eigenvalue weighted by Crippen LogP contribution is -2.13. The molecule has 0 bridgehead atoms. The first kappa shape index (κ1) is 16.7. The van der Waals surface area contributed by atoms with Crippen LogP contribution in [-0.4, -0.2) is 23.4 Å². The number of sulfonamides is 1. The summed E-state index contributed by atoms with van der Waals surface area (Å²) < 4.78 is 27.9. The molecule has 2 aromatic carbocycles. The maximum Gasteiger partial charge on any atom is 0.262 e. The fraction of sp³-hybridized carbons (Fsp3) is 0.0556. The molecule has 4 aromatic rings. The fourth-order valence-corrected chi connectivity index (χ4v) is 4.06. The van der Waals surface area contributed by atoms with E-state index in [-0.39, 0.29) is 4.90 Å². The van der Waals surface area contributed by atoms with Gasteiger partial charge in [0.25, 0.3) is 10.0 Å². The van der Waals surface area contributed by atoms with Crippen molar-refractivity contribution in [1.29, 1.82) is 0 Å². The van der Waals surface area contributed by atoms with Gasteiger partial charge in [-0.05, 0) is 48.9 Å². The normalized spacial score (nSPS) is 11.8. The van der Waals surface area contributed by atoms with Gasteiger partial charge in [0, 0.05) is 6.20 Å². The van der Waals surface area contributed by atoms with Crippen molar-refractivity contribution in [1.82, 2.24) is 15.0 Å². The van der Waals surface area contributed by atoms with E-state index in [2.05, 4.69) is 19.7 Å².